The minimum Gasteiger partial charge on any atom is -0.480 e. The largest absolute Gasteiger partial charge is 0.480 e. The average Bonchev–Trinajstić information content (AvgIpc) is 2.32. The fraction of sp³-hybridized carbons (Fsp3) is 0.917. The monoisotopic (exact) mass is 247 g/mol. The second-order valence-electron chi connectivity index (χ2n) is 4.22. The minimum atomic E-state index is -0.914. The predicted molar refractivity (Wildman–Crippen MR) is 66.3 cm³/mol. The van der Waals surface area contributed by atoms with Gasteiger partial charge in [-0.15, -0.1) is 0 Å². The van der Waals surface area contributed by atoms with E-state index in [1.54, 1.807) is 14.0 Å². The molecule has 0 fully saturated rings. The summed E-state index contributed by atoms with van der Waals surface area (Å²) in [4.78, 5) is 10.9. The number of carbonyl (C=O) groups is 1. The van der Waals surface area contributed by atoms with Gasteiger partial charge in [-0.3, -0.25) is 4.79 Å². The molecule has 17 heavy (non-hydrogen) atoms. The van der Waals surface area contributed by atoms with Crippen molar-refractivity contribution >= 4 is 5.97 Å². The number of hydrogen-bond acceptors (Lipinski definition) is 4. The number of hydrogen-bond donors (Lipinski definition) is 2. The van der Waals surface area contributed by atoms with Crippen LogP contribution in [0.1, 0.15) is 33.1 Å². The van der Waals surface area contributed by atoms with Gasteiger partial charge in [0.15, 0.2) is 0 Å². The van der Waals surface area contributed by atoms with E-state index >= 15 is 0 Å². The third-order valence-corrected chi connectivity index (χ3v) is 2.78. The van der Waals surface area contributed by atoms with Crippen molar-refractivity contribution in [3.63, 3.8) is 0 Å². The first kappa shape index (κ1) is 16.4. The quantitative estimate of drug-likeness (QED) is 0.538. The van der Waals surface area contributed by atoms with Crippen LogP contribution in [0.2, 0.25) is 0 Å². The lowest BCUT2D eigenvalue weighted by Crippen LogP contribution is -2.48. The van der Waals surface area contributed by atoms with Crippen LogP contribution in [0.25, 0.3) is 0 Å². The molecule has 0 heterocycles. The maximum absolute atomic E-state index is 10.9. The molecular weight excluding hydrogens is 222 g/mol. The normalized spacial score (nSPS) is 14.5. The van der Waals surface area contributed by atoms with Crippen LogP contribution in [0.4, 0.5) is 0 Å². The van der Waals surface area contributed by atoms with Crippen LogP contribution in [0.5, 0.6) is 0 Å². The topological polar surface area (TPSA) is 67.8 Å². The van der Waals surface area contributed by atoms with Crippen LogP contribution in [0.15, 0.2) is 0 Å². The Hall–Kier alpha value is -0.650. The summed E-state index contributed by atoms with van der Waals surface area (Å²) >= 11 is 0. The molecule has 0 aromatic rings. The summed E-state index contributed by atoms with van der Waals surface area (Å²) < 4.78 is 10.7. The lowest BCUT2D eigenvalue weighted by molar-refractivity contribution is -0.144. The Morgan fingerprint density at radius 3 is 2.29 bits per heavy atom. The third-order valence-electron chi connectivity index (χ3n) is 2.78. The zero-order chi connectivity index (χ0) is 13.1. The molecule has 0 saturated heterocycles. The van der Waals surface area contributed by atoms with Crippen LogP contribution in [-0.4, -0.2) is 50.1 Å². The summed E-state index contributed by atoms with van der Waals surface area (Å²) in [7, 11) is 1.64. The summed E-state index contributed by atoms with van der Waals surface area (Å²) in [5.41, 5.74) is -0.914. The summed E-state index contributed by atoms with van der Waals surface area (Å²) in [5, 5.41) is 11.8. The van der Waals surface area contributed by atoms with Gasteiger partial charge < -0.3 is 19.9 Å². The number of carboxylic acid groups (broad SMARTS) is 1. The van der Waals surface area contributed by atoms with Gasteiger partial charge in [0.1, 0.15) is 5.54 Å². The Bertz CT molecular complexity index is 211. The number of ether oxygens (including phenoxy) is 2. The van der Waals surface area contributed by atoms with Crippen molar-refractivity contribution in [3.8, 4) is 0 Å². The number of aliphatic carboxylic acids is 1. The average molecular weight is 247 g/mol. The standard InChI is InChI=1S/C12H25NO4/c1-4-5-7-16-9-10-17-8-6-12(2,13-3)11(14)15/h13H,4-10H2,1-3H3,(H,14,15). The highest BCUT2D eigenvalue weighted by molar-refractivity contribution is 5.78. The van der Waals surface area contributed by atoms with E-state index in [4.69, 9.17) is 14.6 Å². The van der Waals surface area contributed by atoms with Gasteiger partial charge in [-0.2, -0.15) is 0 Å². The molecule has 0 amide bonds. The summed E-state index contributed by atoms with van der Waals surface area (Å²) in [6.07, 6.45) is 2.63. The zero-order valence-electron chi connectivity index (χ0n) is 11.1. The molecule has 102 valence electrons. The molecule has 1 atom stereocenters. The molecule has 1 unspecified atom stereocenters. The highest BCUT2D eigenvalue weighted by Gasteiger charge is 2.30. The molecule has 2 N–H and O–H groups in total. The van der Waals surface area contributed by atoms with E-state index in [1.165, 1.54) is 0 Å². The summed E-state index contributed by atoms with van der Waals surface area (Å²) in [5.74, 6) is -0.859. The molecule has 0 bridgehead atoms. The minimum absolute atomic E-state index is 0.417. The van der Waals surface area contributed by atoms with E-state index in [9.17, 15) is 4.79 Å². The van der Waals surface area contributed by atoms with Crippen LogP contribution >= 0.6 is 0 Å². The number of likely N-dealkylation sites (N-methyl/N-ethyl adjacent to an activating group) is 1. The predicted octanol–water partition coefficient (Wildman–Crippen LogP) is 1.27. The molecule has 0 aromatic heterocycles. The maximum Gasteiger partial charge on any atom is 0.323 e. The lowest BCUT2D eigenvalue weighted by Gasteiger charge is -2.23. The van der Waals surface area contributed by atoms with Crippen LogP contribution in [-0.2, 0) is 14.3 Å². The van der Waals surface area contributed by atoms with Gasteiger partial charge in [-0.1, -0.05) is 13.3 Å². The van der Waals surface area contributed by atoms with E-state index in [1.807, 2.05) is 0 Å². The molecule has 0 saturated carbocycles. The van der Waals surface area contributed by atoms with Crippen molar-refractivity contribution in [2.24, 2.45) is 0 Å². The highest BCUT2D eigenvalue weighted by atomic mass is 16.5. The Balaban J connectivity index is 3.47. The molecule has 0 aliphatic carbocycles. The Morgan fingerprint density at radius 2 is 1.82 bits per heavy atom. The van der Waals surface area contributed by atoms with Gasteiger partial charge in [0.25, 0.3) is 0 Å². The maximum atomic E-state index is 10.9. The number of carboxylic acids is 1. The molecule has 0 spiro atoms. The Kier molecular flexibility index (Phi) is 9.03. The van der Waals surface area contributed by atoms with Gasteiger partial charge in [0.05, 0.1) is 13.2 Å². The van der Waals surface area contributed by atoms with Crippen molar-refractivity contribution < 1.29 is 19.4 Å². The second-order valence-corrected chi connectivity index (χ2v) is 4.22. The van der Waals surface area contributed by atoms with E-state index in [0.29, 0.717) is 26.2 Å². The first-order valence-electron chi connectivity index (χ1n) is 6.14. The molecule has 0 aromatic carbocycles. The molecular formula is C12H25NO4. The molecule has 0 radical (unpaired) electrons. The van der Waals surface area contributed by atoms with Crippen molar-refractivity contribution in [1.29, 1.82) is 0 Å². The zero-order valence-corrected chi connectivity index (χ0v) is 11.1. The Labute approximate surface area is 103 Å². The second kappa shape index (κ2) is 9.39. The summed E-state index contributed by atoms with van der Waals surface area (Å²) in [6, 6.07) is 0. The van der Waals surface area contributed by atoms with Crippen LogP contribution < -0.4 is 5.32 Å². The molecule has 0 aliphatic heterocycles. The molecule has 0 rings (SSSR count). The smallest absolute Gasteiger partial charge is 0.323 e. The van der Waals surface area contributed by atoms with Gasteiger partial charge in [-0.05, 0) is 26.8 Å². The molecule has 0 aliphatic rings. The Morgan fingerprint density at radius 1 is 1.24 bits per heavy atom. The van der Waals surface area contributed by atoms with Gasteiger partial charge >= 0.3 is 5.97 Å². The van der Waals surface area contributed by atoms with Gasteiger partial charge in [0.2, 0.25) is 0 Å². The lowest BCUT2D eigenvalue weighted by atomic mass is 9.99. The van der Waals surface area contributed by atoms with E-state index in [0.717, 1.165) is 19.4 Å². The fourth-order valence-corrected chi connectivity index (χ4v) is 1.18. The highest BCUT2D eigenvalue weighted by Crippen LogP contribution is 2.08. The molecule has 5 heteroatoms. The van der Waals surface area contributed by atoms with E-state index < -0.39 is 11.5 Å². The van der Waals surface area contributed by atoms with Crippen LogP contribution in [0.3, 0.4) is 0 Å². The van der Waals surface area contributed by atoms with E-state index in [2.05, 4.69) is 12.2 Å². The van der Waals surface area contributed by atoms with Gasteiger partial charge in [0, 0.05) is 13.2 Å². The number of nitrogens with one attached hydrogen (secondary N) is 1. The van der Waals surface area contributed by atoms with E-state index in [-0.39, 0.29) is 0 Å². The SMILES string of the molecule is CCCCOCCOCCC(C)(NC)C(=O)O. The third kappa shape index (κ3) is 7.31. The number of unbranched alkanes of at least 4 members (excludes halogenated alkanes) is 1. The molecule has 5 nitrogen and oxygen atoms in total. The fourth-order valence-electron chi connectivity index (χ4n) is 1.18. The van der Waals surface area contributed by atoms with Crippen molar-refractivity contribution in [2.75, 3.05) is 33.5 Å². The first-order chi connectivity index (χ1) is 8.06. The first-order valence-corrected chi connectivity index (χ1v) is 6.14. The van der Waals surface area contributed by atoms with Crippen molar-refractivity contribution in [2.45, 2.75) is 38.6 Å². The van der Waals surface area contributed by atoms with Crippen molar-refractivity contribution in [1.82, 2.24) is 5.32 Å². The summed E-state index contributed by atoms with van der Waals surface area (Å²) in [6.45, 7) is 6.04. The van der Waals surface area contributed by atoms with Crippen LogP contribution in [0, 0.1) is 0 Å². The van der Waals surface area contributed by atoms with Crippen molar-refractivity contribution in [3.05, 3.63) is 0 Å². The number of rotatable bonds is 11. The van der Waals surface area contributed by atoms with Gasteiger partial charge in [-0.25, -0.2) is 0 Å².